The normalized spacial score (nSPS) is 12.0. The molecule has 0 atom stereocenters. The fraction of sp³-hybridized carbons (Fsp3) is 0. The second kappa shape index (κ2) is 7.94. The Kier molecular flexibility index (Phi) is 5.25. The van der Waals surface area contributed by atoms with Crippen molar-refractivity contribution in [3.63, 3.8) is 0 Å². The standard InChI is InChI=1S/C12H11NO.C10H6O2/c14-12-8-6-11(7-9-12)13-10-4-2-1-3-5-10;11-9-5-6-10(12)8-4-2-1-3-7(8)9/h1-9,13-14H;1-6H. The molecule has 2 N–H and O–H groups in total. The minimum Gasteiger partial charge on any atom is -0.508 e. The number of carbonyl (C=O) groups excluding carboxylic acids is 2. The van der Waals surface area contributed by atoms with Gasteiger partial charge in [0.2, 0.25) is 0 Å². The van der Waals surface area contributed by atoms with Crippen molar-refractivity contribution in [3.05, 3.63) is 102 Å². The van der Waals surface area contributed by atoms with E-state index >= 15 is 0 Å². The molecule has 0 saturated carbocycles. The summed E-state index contributed by atoms with van der Waals surface area (Å²) in [6, 6.07) is 23.7. The first-order valence-electron chi connectivity index (χ1n) is 8.10. The predicted molar refractivity (Wildman–Crippen MR) is 102 cm³/mol. The van der Waals surface area contributed by atoms with Crippen molar-refractivity contribution in [2.75, 3.05) is 5.32 Å². The molecule has 26 heavy (non-hydrogen) atoms. The molecule has 4 rings (SSSR count). The monoisotopic (exact) mass is 343 g/mol. The third kappa shape index (κ3) is 4.24. The van der Waals surface area contributed by atoms with Crippen LogP contribution in [-0.4, -0.2) is 16.7 Å². The SMILES string of the molecule is O=C1C=CC(=O)c2ccccc21.Oc1ccc(Nc2ccccc2)cc1. The number of aromatic hydroxyl groups is 1. The third-order valence-electron chi connectivity index (χ3n) is 3.77. The smallest absolute Gasteiger partial charge is 0.186 e. The van der Waals surface area contributed by atoms with Crippen LogP contribution in [0.2, 0.25) is 0 Å². The molecule has 3 aromatic carbocycles. The lowest BCUT2D eigenvalue weighted by Crippen LogP contribution is -2.10. The zero-order valence-electron chi connectivity index (χ0n) is 13.9. The highest BCUT2D eigenvalue weighted by molar-refractivity contribution is 6.21. The molecule has 0 saturated heterocycles. The summed E-state index contributed by atoms with van der Waals surface area (Å²) in [5, 5.41) is 12.3. The molecule has 1 aliphatic rings. The van der Waals surface area contributed by atoms with Crippen molar-refractivity contribution in [3.8, 4) is 5.75 Å². The van der Waals surface area contributed by atoms with E-state index < -0.39 is 0 Å². The summed E-state index contributed by atoms with van der Waals surface area (Å²) >= 11 is 0. The molecule has 0 spiro atoms. The van der Waals surface area contributed by atoms with Crippen molar-refractivity contribution in [2.24, 2.45) is 0 Å². The number of anilines is 2. The largest absolute Gasteiger partial charge is 0.508 e. The predicted octanol–water partition coefficient (Wildman–Crippen LogP) is 4.76. The Morgan fingerprint density at radius 3 is 1.58 bits per heavy atom. The van der Waals surface area contributed by atoms with Gasteiger partial charge in [-0.3, -0.25) is 9.59 Å². The van der Waals surface area contributed by atoms with Crippen LogP contribution in [0.4, 0.5) is 11.4 Å². The molecule has 4 heteroatoms. The van der Waals surface area contributed by atoms with E-state index in [1.807, 2.05) is 42.5 Å². The van der Waals surface area contributed by atoms with Gasteiger partial charge in [-0.25, -0.2) is 0 Å². The van der Waals surface area contributed by atoms with E-state index in [0.717, 1.165) is 11.4 Å². The van der Waals surface area contributed by atoms with Crippen molar-refractivity contribution >= 4 is 22.9 Å². The van der Waals surface area contributed by atoms with E-state index in [9.17, 15) is 9.59 Å². The maximum Gasteiger partial charge on any atom is 0.186 e. The summed E-state index contributed by atoms with van der Waals surface area (Å²) < 4.78 is 0. The quantitative estimate of drug-likeness (QED) is 0.659. The zero-order valence-corrected chi connectivity index (χ0v) is 13.9. The number of phenols is 1. The first kappa shape index (κ1) is 17.2. The van der Waals surface area contributed by atoms with Crippen LogP contribution in [0.1, 0.15) is 20.7 Å². The molecule has 0 heterocycles. The first-order chi connectivity index (χ1) is 12.6. The maximum absolute atomic E-state index is 11.2. The number of fused-ring (bicyclic) bond motifs is 1. The Bertz CT molecular complexity index is 908. The molecule has 0 fully saturated rings. The Morgan fingerprint density at radius 1 is 0.577 bits per heavy atom. The van der Waals surface area contributed by atoms with Gasteiger partial charge in [-0.15, -0.1) is 0 Å². The molecule has 4 nitrogen and oxygen atoms in total. The molecule has 0 unspecified atom stereocenters. The van der Waals surface area contributed by atoms with E-state index in [2.05, 4.69) is 5.32 Å². The average molecular weight is 343 g/mol. The Hall–Kier alpha value is -3.66. The van der Waals surface area contributed by atoms with Crippen molar-refractivity contribution in [1.29, 1.82) is 0 Å². The zero-order chi connectivity index (χ0) is 18.4. The lowest BCUT2D eigenvalue weighted by atomic mass is 9.95. The molecular formula is C22H17NO3. The molecule has 0 amide bonds. The van der Waals surface area contributed by atoms with Gasteiger partial charge in [0.05, 0.1) is 0 Å². The van der Waals surface area contributed by atoms with Gasteiger partial charge in [-0.05, 0) is 48.6 Å². The highest BCUT2D eigenvalue weighted by Crippen LogP contribution is 2.18. The van der Waals surface area contributed by atoms with Crippen molar-refractivity contribution in [1.82, 2.24) is 0 Å². The minimum absolute atomic E-state index is 0.0924. The van der Waals surface area contributed by atoms with E-state index in [0.29, 0.717) is 11.1 Å². The number of allylic oxidation sites excluding steroid dienone is 2. The number of rotatable bonds is 2. The van der Waals surface area contributed by atoms with Crippen LogP contribution in [0.15, 0.2) is 91.0 Å². The Labute approximate surface area is 151 Å². The van der Waals surface area contributed by atoms with Crippen LogP contribution in [0.3, 0.4) is 0 Å². The number of hydrogen-bond donors (Lipinski definition) is 2. The van der Waals surface area contributed by atoms with Gasteiger partial charge in [0.1, 0.15) is 5.75 Å². The summed E-state index contributed by atoms with van der Waals surface area (Å²) in [5.41, 5.74) is 3.02. The first-order valence-corrected chi connectivity index (χ1v) is 8.10. The van der Waals surface area contributed by atoms with Gasteiger partial charge >= 0.3 is 0 Å². The summed E-state index contributed by atoms with van der Waals surface area (Å²) in [5.74, 6) is 0.0963. The van der Waals surface area contributed by atoms with E-state index in [1.54, 1.807) is 36.4 Å². The topological polar surface area (TPSA) is 66.4 Å². The van der Waals surface area contributed by atoms with E-state index in [1.165, 1.54) is 12.2 Å². The number of ketones is 2. The van der Waals surface area contributed by atoms with E-state index in [-0.39, 0.29) is 17.3 Å². The molecule has 0 aliphatic heterocycles. The van der Waals surface area contributed by atoms with Crippen LogP contribution in [0.5, 0.6) is 5.75 Å². The van der Waals surface area contributed by atoms with Gasteiger partial charge in [0.15, 0.2) is 11.6 Å². The lowest BCUT2D eigenvalue weighted by molar-refractivity contribution is 0.0994. The van der Waals surface area contributed by atoms with Gasteiger partial charge in [0, 0.05) is 22.5 Å². The molecule has 3 aromatic rings. The Morgan fingerprint density at radius 2 is 1.04 bits per heavy atom. The molecule has 0 aromatic heterocycles. The maximum atomic E-state index is 11.2. The third-order valence-corrected chi connectivity index (χ3v) is 3.77. The van der Waals surface area contributed by atoms with Gasteiger partial charge in [-0.1, -0.05) is 42.5 Å². The fourth-order valence-corrected chi connectivity index (χ4v) is 2.48. The number of benzene rings is 3. The van der Waals surface area contributed by atoms with Crippen LogP contribution < -0.4 is 5.32 Å². The highest BCUT2D eigenvalue weighted by atomic mass is 16.3. The second-order valence-electron chi connectivity index (χ2n) is 5.65. The summed E-state index contributed by atoms with van der Waals surface area (Å²) in [6.45, 7) is 0. The molecule has 128 valence electrons. The summed E-state index contributed by atoms with van der Waals surface area (Å²) in [4.78, 5) is 22.4. The molecule has 1 aliphatic carbocycles. The lowest BCUT2D eigenvalue weighted by Gasteiger charge is -2.06. The van der Waals surface area contributed by atoms with Gasteiger partial charge < -0.3 is 10.4 Å². The second-order valence-corrected chi connectivity index (χ2v) is 5.65. The number of nitrogens with one attached hydrogen (secondary N) is 1. The summed E-state index contributed by atoms with van der Waals surface area (Å²) in [6.07, 6.45) is 2.62. The van der Waals surface area contributed by atoms with Crippen LogP contribution >= 0.6 is 0 Å². The molecule has 0 radical (unpaired) electrons. The molecule has 0 bridgehead atoms. The highest BCUT2D eigenvalue weighted by Gasteiger charge is 2.16. The number of para-hydroxylation sites is 1. The summed E-state index contributed by atoms with van der Waals surface area (Å²) in [7, 11) is 0. The van der Waals surface area contributed by atoms with Crippen molar-refractivity contribution in [2.45, 2.75) is 0 Å². The van der Waals surface area contributed by atoms with Gasteiger partial charge in [-0.2, -0.15) is 0 Å². The average Bonchev–Trinajstić information content (AvgIpc) is 2.68. The van der Waals surface area contributed by atoms with Gasteiger partial charge in [0.25, 0.3) is 0 Å². The van der Waals surface area contributed by atoms with Crippen LogP contribution in [-0.2, 0) is 0 Å². The fourth-order valence-electron chi connectivity index (χ4n) is 2.48. The molecular weight excluding hydrogens is 326 g/mol. The number of hydrogen-bond acceptors (Lipinski definition) is 4. The van der Waals surface area contributed by atoms with E-state index in [4.69, 9.17) is 5.11 Å². The van der Waals surface area contributed by atoms with Crippen LogP contribution in [0, 0.1) is 0 Å². The minimum atomic E-state index is -0.0924. The number of carbonyl (C=O) groups is 2. The Balaban J connectivity index is 0.000000152. The van der Waals surface area contributed by atoms with Crippen molar-refractivity contribution < 1.29 is 14.7 Å². The number of phenolic OH excluding ortho intramolecular Hbond substituents is 1. The van der Waals surface area contributed by atoms with Crippen LogP contribution in [0.25, 0.3) is 0 Å².